The van der Waals surface area contributed by atoms with Crippen molar-refractivity contribution < 1.29 is 0 Å². The Morgan fingerprint density at radius 3 is 2.61 bits per heavy atom. The Balaban J connectivity index is 2.62. The van der Waals surface area contributed by atoms with E-state index in [0.717, 1.165) is 16.8 Å². The molecule has 0 aliphatic rings. The fraction of sp³-hybridized carbons (Fsp3) is 0.333. The van der Waals surface area contributed by atoms with Crippen LogP contribution in [-0.4, -0.2) is 9.97 Å². The molecule has 92 valence electrons. The molecule has 0 atom stereocenters. The number of imidazole rings is 1. The molecule has 0 bridgehead atoms. The maximum Gasteiger partial charge on any atom is 0.166 e. The first-order valence-corrected chi connectivity index (χ1v) is 5.98. The zero-order chi connectivity index (χ0) is 13.3. The van der Waals surface area contributed by atoms with Gasteiger partial charge in [0.05, 0.1) is 12.0 Å². The van der Waals surface area contributed by atoms with Crippen LogP contribution in [0.3, 0.4) is 0 Å². The molecule has 1 aromatic heterocycles. The van der Waals surface area contributed by atoms with Crippen LogP contribution in [0.25, 0.3) is 11.3 Å². The molecule has 1 aromatic carbocycles. The lowest BCUT2D eigenvalue weighted by Gasteiger charge is -2.20. The van der Waals surface area contributed by atoms with Crippen molar-refractivity contribution in [3.8, 4) is 17.3 Å². The number of rotatable bonds is 1. The van der Waals surface area contributed by atoms with Gasteiger partial charge >= 0.3 is 0 Å². The van der Waals surface area contributed by atoms with Crippen LogP contribution in [0.4, 0.5) is 0 Å². The van der Waals surface area contributed by atoms with Crippen molar-refractivity contribution in [1.29, 1.82) is 5.26 Å². The van der Waals surface area contributed by atoms with Gasteiger partial charge in [0.1, 0.15) is 6.07 Å². The van der Waals surface area contributed by atoms with Crippen LogP contribution >= 0.6 is 0 Å². The van der Waals surface area contributed by atoms with Gasteiger partial charge in [-0.15, -0.1) is 0 Å². The zero-order valence-corrected chi connectivity index (χ0v) is 11.2. The second-order valence-corrected chi connectivity index (χ2v) is 5.52. The lowest BCUT2D eigenvalue weighted by atomic mass is 9.85. The van der Waals surface area contributed by atoms with Gasteiger partial charge in [-0.3, -0.25) is 0 Å². The highest BCUT2D eigenvalue weighted by Gasteiger charge is 2.17. The molecule has 3 nitrogen and oxygen atoms in total. The molecule has 1 N–H and O–H groups in total. The summed E-state index contributed by atoms with van der Waals surface area (Å²) in [6.45, 7) is 8.59. The van der Waals surface area contributed by atoms with E-state index in [9.17, 15) is 0 Å². The number of hydrogen-bond acceptors (Lipinski definition) is 2. The maximum absolute atomic E-state index is 9.06. The number of aromatic amines is 1. The van der Waals surface area contributed by atoms with Crippen molar-refractivity contribution in [2.75, 3.05) is 0 Å². The van der Waals surface area contributed by atoms with E-state index in [1.54, 1.807) is 6.33 Å². The minimum Gasteiger partial charge on any atom is -0.343 e. The van der Waals surface area contributed by atoms with Gasteiger partial charge in [-0.2, -0.15) is 5.26 Å². The summed E-state index contributed by atoms with van der Waals surface area (Å²) in [4.78, 5) is 7.09. The monoisotopic (exact) mass is 239 g/mol. The SMILES string of the molecule is Cc1ccc(C(C)(C)C)cc1-c1[nH]cnc1C#N. The highest BCUT2D eigenvalue weighted by Crippen LogP contribution is 2.30. The summed E-state index contributed by atoms with van der Waals surface area (Å²) in [6, 6.07) is 8.49. The number of nitrogens with zero attached hydrogens (tertiary/aromatic N) is 2. The second-order valence-electron chi connectivity index (χ2n) is 5.52. The largest absolute Gasteiger partial charge is 0.343 e. The molecular formula is C15H17N3. The average molecular weight is 239 g/mol. The number of aromatic nitrogens is 2. The van der Waals surface area contributed by atoms with E-state index in [2.05, 4.69) is 55.0 Å². The van der Waals surface area contributed by atoms with Gasteiger partial charge in [0, 0.05) is 5.56 Å². The summed E-state index contributed by atoms with van der Waals surface area (Å²) in [5, 5.41) is 9.06. The summed E-state index contributed by atoms with van der Waals surface area (Å²) in [5.41, 5.74) is 4.79. The Hall–Kier alpha value is -2.08. The Morgan fingerprint density at radius 1 is 1.28 bits per heavy atom. The van der Waals surface area contributed by atoms with Crippen LogP contribution in [0.5, 0.6) is 0 Å². The van der Waals surface area contributed by atoms with Gasteiger partial charge in [-0.05, 0) is 29.5 Å². The van der Waals surface area contributed by atoms with Crippen LogP contribution in [0, 0.1) is 18.3 Å². The lowest BCUT2D eigenvalue weighted by Crippen LogP contribution is -2.11. The van der Waals surface area contributed by atoms with Crippen LogP contribution in [0.2, 0.25) is 0 Å². The van der Waals surface area contributed by atoms with E-state index in [4.69, 9.17) is 5.26 Å². The summed E-state index contributed by atoms with van der Waals surface area (Å²) in [5.74, 6) is 0. The van der Waals surface area contributed by atoms with Crippen molar-refractivity contribution in [3.05, 3.63) is 41.3 Å². The molecule has 3 heteroatoms. The third kappa shape index (κ3) is 2.14. The highest BCUT2D eigenvalue weighted by molar-refractivity contribution is 5.69. The topological polar surface area (TPSA) is 52.5 Å². The third-order valence-corrected chi connectivity index (χ3v) is 3.12. The van der Waals surface area contributed by atoms with E-state index in [1.807, 2.05) is 6.92 Å². The number of aryl methyl sites for hydroxylation is 1. The smallest absolute Gasteiger partial charge is 0.166 e. The summed E-state index contributed by atoms with van der Waals surface area (Å²) in [6.07, 6.45) is 1.57. The van der Waals surface area contributed by atoms with Crippen molar-refractivity contribution in [2.24, 2.45) is 0 Å². The minimum absolute atomic E-state index is 0.0925. The number of nitriles is 1. The molecular weight excluding hydrogens is 222 g/mol. The lowest BCUT2D eigenvalue weighted by molar-refractivity contribution is 0.590. The quantitative estimate of drug-likeness (QED) is 0.827. The predicted octanol–water partition coefficient (Wildman–Crippen LogP) is 3.55. The molecule has 0 unspecified atom stereocenters. The Labute approximate surface area is 107 Å². The number of nitrogens with one attached hydrogen (secondary N) is 1. The van der Waals surface area contributed by atoms with Crippen LogP contribution in [0.15, 0.2) is 24.5 Å². The molecule has 18 heavy (non-hydrogen) atoms. The van der Waals surface area contributed by atoms with Gasteiger partial charge < -0.3 is 4.98 Å². The molecule has 0 radical (unpaired) electrons. The zero-order valence-electron chi connectivity index (χ0n) is 11.2. The van der Waals surface area contributed by atoms with E-state index in [1.165, 1.54) is 5.56 Å². The van der Waals surface area contributed by atoms with Gasteiger partial charge in [0.2, 0.25) is 0 Å². The average Bonchev–Trinajstić information content (AvgIpc) is 2.76. The van der Waals surface area contributed by atoms with E-state index >= 15 is 0 Å². The first-order valence-electron chi connectivity index (χ1n) is 5.98. The van der Waals surface area contributed by atoms with E-state index < -0.39 is 0 Å². The fourth-order valence-corrected chi connectivity index (χ4v) is 1.94. The summed E-state index contributed by atoms with van der Waals surface area (Å²) >= 11 is 0. The van der Waals surface area contributed by atoms with Crippen molar-refractivity contribution in [3.63, 3.8) is 0 Å². The molecule has 0 aliphatic carbocycles. The predicted molar refractivity (Wildman–Crippen MR) is 72.2 cm³/mol. The molecule has 2 rings (SSSR count). The summed E-state index contributed by atoms with van der Waals surface area (Å²) in [7, 11) is 0. The Morgan fingerprint density at radius 2 is 2.00 bits per heavy atom. The molecule has 0 saturated carbocycles. The Bertz CT molecular complexity index is 609. The molecule has 0 saturated heterocycles. The molecule has 0 aliphatic heterocycles. The maximum atomic E-state index is 9.06. The minimum atomic E-state index is 0.0925. The molecule has 0 amide bonds. The molecule has 0 spiro atoms. The van der Waals surface area contributed by atoms with Crippen LogP contribution < -0.4 is 0 Å². The highest BCUT2D eigenvalue weighted by atomic mass is 14.9. The fourth-order valence-electron chi connectivity index (χ4n) is 1.94. The first-order chi connectivity index (χ1) is 8.43. The number of H-pyrrole nitrogens is 1. The number of hydrogen-bond donors (Lipinski definition) is 1. The van der Waals surface area contributed by atoms with Gasteiger partial charge in [0.25, 0.3) is 0 Å². The summed E-state index contributed by atoms with van der Waals surface area (Å²) < 4.78 is 0. The second kappa shape index (κ2) is 4.30. The van der Waals surface area contributed by atoms with Gasteiger partial charge in [0.15, 0.2) is 5.69 Å². The normalized spacial score (nSPS) is 11.3. The van der Waals surface area contributed by atoms with Gasteiger partial charge in [-0.25, -0.2) is 4.98 Å². The molecule has 2 aromatic rings. The van der Waals surface area contributed by atoms with Crippen molar-refractivity contribution in [2.45, 2.75) is 33.1 Å². The Kier molecular flexibility index (Phi) is 2.96. The van der Waals surface area contributed by atoms with E-state index in [-0.39, 0.29) is 5.41 Å². The van der Waals surface area contributed by atoms with Crippen molar-refractivity contribution in [1.82, 2.24) is 9.97 Å². The first kappa shape index (κ1) is 12.4. The molecule has 1 heterocycles. The van der Waals surface area contributed by atoms with Crippen LogP contribution in [-0.2, 0) is 5.41 Å². The van der Waals surface area contributed by atoms with Crippen molar-refractivity contribution >= 4 is 0 Å². The standard InChI is InChI=1S/C15H17N3/c1-10-5-6-11(15(2,3)4)7-12(10)14-13(8-16)17-9-18-14/h5-7,9H,1-4H3,(H,17,18). The van der Waals surface area contributed by atoms with Crippen LogP contribution in [0.1, 0.15) is 37.6 Å². The van der Waals surface area contributed by atoms with Gasteiger partial charge in [-0.1, -0.05) is 32.9 Å². The third-order valence-electron chi connectivity index (χ3n) is 3.12. The van der Waals surface area contributed by atoms with E-state index in [0.29, 0.717) is 5.69 Å². The molecule has 0 fully saturated rings. The number of benzene rings is 1.